The maximum absolute atomic E-state index is 13.4. The number of nitrogens with one attached hydrogen (secondary N) is 2. The number of amides is 2. The van der Waals surface area contributed by atoms with E-state index < -0.39 is 0 Å². The largest absolute Gasteiger partial charge is 0.488 e. The molecule has 1 saturated heterocycles. The standard InChI is InChI=1S/C23H36N4O5/c1-16-14-27(17(2)15-28)23(30)19-12-18(4-5-20(19)32-21(16)13-24-3)25-22(29)6-7-26-8-10-31-11-9-26/h4-5,12,16-17,21,24,28H,6-11,13-15H2,1-3H3,(H,25,29)/t16-,17-,21-/m0/s1. The monoisotopic (exact) mass is 448 g/mol. The van der Waals surface area contributed by atoms with Crippen molar-refractivity contribution in [1.29, 1.82) is 0 Å². The highest BCUT2D eigenvalue weighted by Gasteiger charge is 2.32. The second-order valence-electron chi connectivity index (χ2n) is 8.64. The molecule has 0 spiro atoms. The van der Waals surface area contributed by atoms with Crippen molar-refractivity contribution in [3.8, 4) is 5.75 Å². The molecule has 0 unspecified atom stereocenters. The number of aliphatic hydroxyl groups is 1. The number of carbonyl (C=O) groups excluding carboxylic acids is 2. The summed E-state index contributed by atoms with van der Waals surface area (Å²) >= 11 is 0. The maximum Gasteiger partial charge on any atom is 0.258 e. The predicted octanol–water partition coefficient (Wildman–Crippen LogP) is 0.787. The number of carbonyl (C=O) groups is 2. The Labute approximate surface area is 190 Å². The van der Waals surface area contributed by atoms with Gasteiger partial charge >= 0.3 is 0 Å². The molecule has 3 N–H and O–H groups in total. The first-order valence-corrected chi connectivity index (χ1v) is 11.4. The molecule has 1 aromatic carbocycles. The van der Waals surface area contributed by atoms with Crippen molar-refractivity contribution in [2.45, 2.75) is 32.4 Å². The smallest absolute Gasteiger partial charge is 0.258 e. The quantitative estimate of drug-likeness (QED) is 0.540. The molecule has 3 atom stereocenters. The van der Waals surface area contributed by atoms with Gasteiger partial charge in [-0.25, -0.2) is 0 Å². The van der Waals surface area contributed by atoms with Gasteiger partial charge in [0.2, 0.25) is 5.91 Å². The van der Waals surface area contributed by atoms with E-state index in [1.54, 1.807) is 23.1 Å². The molecule has 32 heavy (non-hydrogen) atoms. The average Bonchev–Trinajstić information content (AvgIpc) is 2.80. The van der Waals surface area contributed by atoms with Crippen molar-refractivity contribution in [2.24, 2.45) is 5.92 Å². The minimum absolute atomic E-state index is 0.0770. The molecule has 2 aliphatic rings. The molecule has 3 rings (SSSR count). The second-order valence-corrected chi connectivity index (χ2v) is 8.64. The van der Waals surface area contributed by atoms with E-state index in [4.69, 9.17) is 9.47 Å². The minimum atomic E-state index is -0.321. The van der Waals surface area contributed by atoms with Crippen LogP contribution in [-0.2, 0) is 9.53 Å². The Bertz CT molecular complexity index is 784. The number of fused-ring (bicyclic) bond motifs is 1. The number of morpholine rings is 1. The Kier molecular flexibility index (Phi) is 8.86. The van der Waals surface area contributed by atoms with E-state index in [-0.39, 0.29) is 36.5 Å². The fraction of sp³-hybridized carbons (Fsp3) is 0.652. The molecular weight excluding hydrogens is 412 g/mol. The molecule has 2 heterocycles. The summed E-state index contributed by atoms with van der Waals surface area (Å²) in [5.74, 6) is 0.259. The van der Waals surface area contributed by atoms with Crippen LogP contribution in [0.5, 0.6) is 5.75 Å². The molecule has 2 aliphatic heterocycles. The summed E-state index contributed by atoms with van der Waals surface area (Å²) in [5, 5.41) is 15.8. The van der Waals surface area contributed by atoms with Crippen molar-refractivity contribution in [3.63, 3.8) is 0 Å². The van der Waals surface area contributed by atoms with Crippen molar-refractivity contribution < 1.29 is 24.2 Å². The van der Waals surface area contributed by atoms with Gasteiger partial charge in [0, 0.05) is 50.7 Å². The van der Waals surface area contributed by atoms with Crippen LogP contribution in [0.25, 0.3) is 0 Å². The summed E-state index contributed by atoms with van der Waals surface area (Å²) in [6.07, 6.45) is 0.242. The predicted molar refractivity (Wildman–Crippen MR) is 122 cm³/mol. The van der Waals surface area contributed by atoms with Gasteiger partial charge in [0.1, 0.15) is 11.9 Å². The lowest BCUT2D eigenvalue weighted by Crippen LogP contribution is -2.49. The minimum Gasteiger partial charge on any atom is -0.488 e. The number of anilines is 1. The van der Waals surface area contributed by atoms with E-state index in [0.717, 1.165) is 13.1 Å². The van der Waals surface area contributed by atoms with Gasteiger partial charge in [-0.05, 0) is 32.2 Å². The van der Waals surface area contributed by atoms with Crippen LogP contribution in [0.2, 0.25) is 0 Å². The molecule has 0 saturated carbocycles. The van der Waals surface area contributed by atoms with Crippen LogP contribution in [0.3, 0.4) is 0 Å². The van der Waals surface area contributed by atoms with E-state index in [0.29, 0.717) is 56.3 Å². The number of likely N-dealkylation sites (N-methyl/N-ethyl adjacent to an activating group) is 1. The summed E-state index contributed by atoms with van der Waals surface area (Å²) in [5.41, 5.74) is 0.951. The van der Waals surface area contributed by atoms with Crippen molar-refractivity contribution in [3.05, 3.63) is 23.8 Å². The van der Waals surface area contributed by atoms with E-state index >= 15 is 0 Å². The van der Waals surface area contributed by atoms with Crippen molar-refractivity contribution in [1.82, 2.24) is 15.1 Å². The number of nitrogens with zero attached hydrogens (tertiary/aromatic N) is 2. The van der Waals surface area contributed by atoms with E-state index in [9.17, 15) is 14.7 Å². The zero-order valence-corrected chi connectivity index (χ0v) is 19.3. The molecule has 0 aliphatic carbocycles. The average molecular weight is 449 g/mol. The first-order valence-electron chi connectivity index (χ1n) is 11.4. The molecular formula is C23H36N4O5. The molecule has 178 valence electrons. The Morgan fingerprint density at radius 1 is 1.31 bits per heavy atom. The van der Waals surface area contributed by atoms with Crippen LogP contribution >= 0.6 is 0 Å². The molecule has 1 aromatic rings. The summed E-state index contributed by atoms with van der Waals surface area (Å²) in [7, 11) is 1.87. The van der Waals surface area contributed by atoms with Crippen LogP contribution in [0.4, 0.5) is 5.69 Å². The molecule has 9 nitrogen and oxygen atoms in total. The first kappa shape index (κ1) is 24.4. The van der Waals surface area contributed by atoms with Crippen LogP contribution in [0.15, 0.2) is 18.2 Å². The highest BCUT2D eigenvalue weighted by molar-refractivity contribution is 5.99. The number of rotatable bonds is 8. The number of benzene rings is 1. The van der Waals surface area contributed by atoms with E-state index in [1.165, 1.54) is 0 Å². The Morgan fingerprint density at radius 3 is 2.75 bits per heavy atom. The summed E-state index contributed by atoms with van der Waals surface area (Å²) < 4.78 is 11.5. The molecule has 1 fully saturated rings. The lowest BCUT2D eigenvalue weighted by molar-refractivity contribution is -0.116. The second kappa shape index (κ2) is 11.6. The zero-order valence-electron chi connectivity index (χ0n) is 19.3. The van der Waals surface area contributed by atoms with Crippen LogP contribution in [-0.4, -0.2) is 98.5 Å². The lowest BCUT2D eigenvalue weighted by atomic mass is 9.99. The van der Waals surface area contributed by atoms with Crippen molar-refractivity contribution >= 4 is 17.5 Å². The zero-order chi connectivity index (χ0) is 23.1. The number of ether oxygens (including phenoxy) is 2. The SMILES string of the molecule is CNC[C@@H]1Oc2ccc(NC(=O)CCN3CCOCC3)cc2C(=O)N([C@@H](C)CO)C[C@@H]1C. The van der Waals surface area contributed by atoms with E-state index in [1.807, 2.05) is 20.9 Å². The maximum atomic E-state index is 13.4. The van der Waals surface area contributed by atoms with Gasteiger partial charge in [0.25, 0.3) is 5.91 Å². The first-order chi connectivity index (χ1) is 15.4. The summed E-state index contributed by atoms with van der Waals surface area (Å²) in [6.45, 7) is 8.61. The highest BCUT2D eigenvalue weighted by atomic mass is 16.5. The normalized spacial score (nSPS) is 23.0. The molecule has 2 amide bonds. The van der Waals surface area contributed by atoms with Gasteiger partial charge in [-0.2, -0.15) is 0 Å². The summed E-state index contributed by atoms with van der Waals surface area (Å²) in [4.78, 5) is 29.7. The third kappa shape index (κ3) is 6.19. The molecule has 0 radical (unpaired) electrons. The van der Waals surface area contributed by atoms with Gasteiger partial charge in [0.05, 0.1) is 31.4 Å². The van der Waals surface area contributed by atoms with Crippen LogP contribution < -0.4 is 15.4 Å². The third-order valence-corrected chi connectivity index (χ3v) is 6.11. The number of hydrogen-bond acceptors (Lipinski definition) is 7. The highest BCUT2D eigenvalue weighted by Crippen LogP contribution is 2.30. The van der Waals surface area contributed by atoms with Crippen molar-refractivity contribution in [2.75, 3.05) is 64.9 Å². The molecule has 9 heteroatoms. The number of aliphatic hydroxyl groups excluding tert-OH is 1. The van der Waals surface area contributed by atoms with Crippen LogP contribution in [0, 0.1) is 5.92 Å². The Balaban J connectivity index is 1.76. The lowest BCUT2D eigenvalue weighted by Gasteiger charge is -2.37. The fourth-order valence-corrected chi connectivity index (χ4v) is 4.05. The van der Waals surface area contributed by atoms with Gasteiger partial charge in [-0.15, -0.1) is 0 Å². The molecule has 0 aromatic heterocycles. The Morgan fingerprint density at radius 2 is 2.06 bits per heavy atom. The third-order valence-electron chi connectivity index (χ3n) is 6.11. The Hall–Kier alpha value is -2.20. The van der Waals surface area contributed by atoms with E-state index in [2.05, 4.69) is 15.5 Å². The molecule has 0 bridgehead atoms. The number of hydrogen-bond donors (Lipinski definition) is 3. The van der Waals surface area contributed by atoms with Gasteiger partial charge in [-0.3, -0.25) is 14.5 Å². The summed E-state index contributed by atoms with van der Waals surface area (Å²) in [6, 6.07) is 4.86. The van der Waals surface area contributed by atoms with Gasteiger partial charge < -0.3 is 30.1 Å². The van der Waals surface area contributed by atoms with Gasteiger partial charge in [0.15, 0.2) is 0 Å². The topological polar surface area (TPSA) is 103 Å². The fourth-order valence-electron chi connectivity index (χ4n) is 4.05. The van der Waals surface area contributed by atoms with Crippen LogP contribution in [0.1, 0.15) is 30.6 Å². The van der Waals surface area contributed by atoms with Gasteiger partial charge in [-0.1, -0.05) is 6.92 Å².